The van der Waals surface area contributed by atoms with Gasteiger partial charge in [-0.2, -0.15) is 0 Å². The number of hydrogen-bond acceptors (Lipinski definition) is 15. The Morgan fingerprint density at radius 3 is 0.820 bits per heavy atom. The summed E-state index contributed by atoms with van der Waals surface area (Å²) in [6.45, 7) is 4.48. The van der Waals surface area contributed by atoms with Gasteiger partial charge in [-0.05, 0) is 148 Å². The number of aliphatic hydroxyl groups is 1. The van der Waals surface area contributed by atoms with Gasteiger partial charge in [-0.25, -0.2) is 9.13 Å². The van der Waals surface area contributed by atoms with Crippen molar-refractivity contribution in [2.24, 2.45) is 0 Å². The summed E-state index contributed by atoms with van der Waals surface area (Å²) in [6.07, 6.45) is 80.2. The molecule has 19 heteroatoms. The van der Waals surface area contributed by atoms with Crippen molar-refractivity contribution in [1.29, 1.82) is 0 Å². The summed E-state index contributed by atoms with van der Waals surface area (Å²) in [5.74, 6) is -2.25. The second-order valence-corrected chi connectivity index (χ2v) is 28.1. The Hall–Kier alpha value is -4.80. The lowest BCUT2D eigenvalue weighted by atomic mass is 10.1. The molecule has 0 radical (unpaired) electrons. The van der Waals surface area contributed by atoms with Gasteiger partial charge in [0.15, 0.2) is 12.2 Å². The predicted octanol–water partition coefficient (Wildman–Crippen LogP) is 22.1. The van der Waals surface area contributed by atoms with E-state index in [1.165, 1.54) is 25.7 Å². The quantitative estimate of drug-likeness (QED) is 0.0169. The average Bonchev–Trinajstić information content (AvgIpc) is 0.953. The highest BCUT2D eigenvalue weighted by Gasteiger charge is 2.30. The van der Waals surface area contributed by atoms with E-state index in [1.807, 2.05) is 0 Å². The lowest BCUT2D eigenvalue weighted by Gasteiger charge is -2.21. The number of aliphatic hydroxyl groups excluding tert-OH is 1. The first kappa shape index (κ1) is 95.2. The number of phosphoric ester groups is 2. The zero-order chi connectivity index (χ0) is 73.2. The Balaban J connectivity index is 5.32. The zero-order valence-corrected chi connectivity index (χ0v) is 64.1. The van der Waals surface area contributed by atoms with E-state index in [1.54, 1.807) is 0 Å². The molecule has 0 heterocycles. The molecule has 0 amide bonds. The van der Waals surface area contributed by atoms with Crippen molar-refractivity contribution in [3.8, 4) is 0 Å². The van der Waals surface area contributed by atoms with Crippen molar-refractivity contribution >= 4 is 39.5 Å². The maximum Gasteiger partial charge on any atom is 0.472 e. The monoisotopic (exact) mass is 1440 g/mol. The molecule has 0 bridgehead atoms. The van der Waals surface area contributed by atoms with Crippen molar-refractivity contribution in [1.82, 2.24) is 0 Å². The molecule has 0 rings (SSSR count). The van der Waals surface area contributed by atoms with Gasteiger partial charge >= 0.3 is 39.5 Å². The number of phosphoric acid groups is 2. The lowest BCUT2D eigenvalue weighted by molar-refractivity contribution is -0.161. The van der Waals surface area contributed by atoms with Crippen LogP contribution in [0.4, 0.5) is 0 Å². The summed E-state index contributed by atoms with van der Waals surface area (Å²) in [5.41, 5.74) is 0. The summed E-state index contributed by atoms with van der Waals surface area (Å²) in [5, 5.41) is 10.6. The number of rotatable bonds is 71. The average molecular weight is 1440 g/mol. The molecule has 5 atom stereocenters. The molecule has 0 spiro atoms. The fourth-order valence-corrected chi connectivity index (χ4v) is 11.3. The Bertz CT molecular complexity index is 2420. The molecule has 0 fully saturated rings. The highest BCUT2D eigenvalue weighted by Crippen LogP contribution is 2.45. The van der Waals surface area contributed by atoms with Crippen LogP contribution in [-0.2, 0) is 65.4 Å². The molecule has 0 aromatic heterocycles. The van der Waals surface area contributed by atoms with Crippen LogP contribution in [0.25, 0.3) is 0 Å². The van der Waals surface area contributed by atoms with Gasteiger partial charge in [0.25, 0.3) is 0 Å². The van der Waals surface area contributed by atoms with E-state index in [0.717, 1.165) is 193 Å². The summed E-state index contributed by atoms with van der Waals surface area (Å²) >= 11 is 0. The molecule has 0 aliphatic carbocycles. The van der Waals surface area contributed by atoms with Gasteiger partial charge in [0.1, 0.15) is 19.3 Å². The van der Waals surface area contributed by atoms with Gasteiger partial charge in [-0.15, -0.1) is 0 Å². The first-order chi connectivity index (χ1) is 48.7. The van der Waals surface area contributed by atoms with Gasteiger partial charge < -0.3 is 33.8 Å². The van der Waals surface area contributed by atoms with E-state index < -0.39 is 97.5 Å². The largest absolute Gasteiger partial charge is 0.472 e. The van der Waals surface area contributed by atoms with E-state index in [9.17, 15) is 43.2 Å². The lowest BCUT2D eigenvalue weighted by Crippen LogP contribution is -2.30. The maximum atomic E-state index is 13.1. The first-order valence-electron chi connectivity index (χ1n) is 38.4. The second kappa shape index (κ2) is 72.5. The van der Waals surface area contributed by atoms with Crippen molar-refractivity contribution in [3.63, 3.8) is 0 Å². The van der Waals surface area contributed by atoms with E-state index in [0.29, 0.717) is 25.7 Å². The van der Waals surface area contributed by atoms with Crippen LogP contribution in [0.3, 0.4) is 0 Å². The highest BCUT2D eigenvalue weighted by molar-refractivity contribution is 7.47. The topological polar surface area (TPSA) is 237 Å². The molecule has 0 aliphatic heterocycles. The Labute approximate surface area is 605 Å². The van der Waals surface area contributed by atoms with Crippen LogP contribution >= 0.6 is 15.6 Å². The fourth-order valence-electron chi connectivity index (χ4n) is 9.73. The van der Waals surface area contributed by atoms with Gasteiger partial charge in [0.2, 0.25) is 0 Å². The van der Waals surface area contributed by atoms with Crippen LogP contribution in [0, 0.1) is 0 Å². The Morgan fingerprint density at radius 2 is 0.520 bits per heavy atom. The van der Waals surface area contributed by atoms with Crippen LogP contribution < -0.4 is 0 Å². The minimum Gasteiger partial charge on any atom is -0.462 e. The molecular weight excluding hydrogens is 1310 g/mol. The molecule has 0 aliphatic rings. The van der Waals surface area contributed by atoms with E-state index >= 15 is 0 Å². The minimum absolute atomic E-state index is 0.0737. The standard InChI is InChI=1S/C81H136O17P2/c1-5-9-13-17-21-25-29-31-33-35-37-39-41-43-47-49-53-57-61-65-78(83)91-71-76(97-80(85)67-63-59-55-51-45-27-23-19-15-11-7-3)73-95-99(87,88)93-69-75(82)70-94-100(89,90)96-74-77(98-81(86)68-64-60-56-52-46-28-24-20-16-12-8-4)72-92-79(84)66-62-58-54-50-48-44-42-40-38-36-34-32-30-26-22-18-14-10-6-2/h9-10,13-14,19-26,31-34,37-40,43,47,75-77,82H,5-8,11-12,15-18,27-30,35-36,41-42,44-46,48-74H2,1-4H3,(H,87,88)(H,89,90)/b13-9-,14-10-,23-19-,24-20-,25-21-,26-22-,33-31-,34-32-,39-37-,40-38-,47-43-. The summed E-state index contributed by atoms with van der Waals surface area (Å²) in [4.78, 5) is 72.8. The van der Waals surface area contributed by atoms with Gasteiger partial charge in [-0.1, -0.05) is 258 Å². The predicted molar refractivity (Wildman–Crippen MR) is 408 cm³/mol. The normalized spacial score (nSPS) is 14.7. The minimum atomic E-state index is -4.98. The summed E-state index contributed by atoms with van der Waals surface area (Å²) in [7, 11) is -9.97. The Morgan fingerprint density at radius 1 is 0.290 bits per heavy atom. The van der Waals surface area contributed by atoms with Crippen molar-refractivity contribution in [2.75, 3.05) is 39.6 Å². The molecule has 0 aromatic rings. The number of ether oxygens (including phenoxy) is 4. The smallest absolute Gasteiger partial charge is 0.462 e. The molecular formula is C81H136O17P2. The molecule has 17 nitrogen and oxygen atoms in total. The molecule has 0 saturated heterocycles. The third-order valence-electron chi connectivity index (χ3n) is 15.6. The number of carbonyl (C=O) groups is 4. The molecule has 5 unspecified atom stereocenters. The van der Waals surface area contributed by atoms with Crippen LogP contribution in [0.1, 0.15) is 297 Å². The number of hydrogen-bond donors (Lipinski definition) is 3. The van der Waals surface area contributed by atoms with Crippen molar-refractivity contribution in [3.05, 3.63) is 134 Å². The first-order valence-corrected chi connectivity index (χ1v) is 41.4. The maximum absolute atomic E-state index is 13.1. The summed E-state index contributed by atoms with van der Waals surface area (Å²) in [6, 6.07) is 0. The van der Waals surface area contributed by atoms with Crippen LogP contribution in [0.2, 0.25) is 0 Å². The van der Waals surface area contributed by atoms with E-state index in [4.69, 9.17) is 37.0 Å². The van der Waals surface area contributed by atoms with Crippen molar-refractivity contribution < 1.29 is 80.2 Å². The molecule has 3 N–H and O–H groups in total. The van der Waals surface area contributed by atoms with Crippen LogP contribution in [0.15, 0.2) is 134 Å². The van der Waals surface area contributed by atoms with Gasteiger partial charge in [0, 0.05) is 25.7 Å². The molecule has 100 heavy (non-hydrogen) atoms. The SMILES string of the molecule is CC/C=C\C/C=C\C/C=C\C/C=C\C/C=C\CCCCCC(=O)OCC(COP(=O)(O)OCC(O)COP(=O)(O)OCC(COC(=O)CCCCCCCC/C=C\C/C=C\C/C=C\C/C=C\CC)OC(=O)CCCCCCC/C=C\CCCC)OC(=O)CCCCCCC/C=C\CCCC. The number of allylic oxidation sites excluding steroid dienone is 22. The second-order valence-electron chi connectivity index (χ2n) is 25.2. The van der Waals surface area contributed by atoms with E-state index in [-0.39, 0.29) is 25.7 Å². The Kier molecular flexibility index (Phi) is 69.1. The third-order valence-corrected chi connectivity index (χ3v) is 17.5. The molecule has 572 valence electrons. The van der Waals surface area contributed by atoms with Gasteiger partial charge in [-0.3, -0.25) is 37.3 Å². The van der Waals surface area contributed by atoms with Crippen LogP contribution in [0.5, 0.6) is 0 Å². The fraction of sp³-hybridized carbons (Fsp3) is 0.679. The number of carbonyl (C=O) groups excluding carboxylic acids is 4. The highest BCUT2D eigenvalue weighted by atomic mass is 31.2. The van der Waals surface area contributed by atoms with Gasteiger partial charge in [0.05, 0.1) is 26.4 Å². The number of esters is 4. The van der Waals surface area contributed by atoms with Crippen molar-refractivity contribution in [2.45, 2.75) is 316 Å². The zero-order valence-electron chi connectivity index (χ0n) is 62.3. The van der Waals surface area contributed by atoms with Crippen LogP contribution in [-0.4, -0.2) is 96.7 Å². The molecule has 0 saturated carbocycles. The number of unbranched alkanes of at least 4 members (excludes halogenated alkanes) is 23. The molecule has 0 aromatic carbocycles. The summed E-state index contributed by atoms with van der Waals surface area (Å²) < 4.78 is 68.4. The van der Waals surface area contributed by atoms with E-state index in [2.05, 4.69) is 161 Å². The third kappa shape index (κ3) is 71.6.